The zero-order chi connectivity index (χ0) is 12.5. The number of aromatic nitrogens is 4. The van der Waals surface area contributed by atoms with Gasteiger partial charge in [-0.2, -0.15) is 0 Å². The summed E-state index contributed by atoms with van der Waals surface area (Å²) in [6.07, 6.45) is 4.79. The van der Waals surface area contributed by atoms with E-state index >= 15 is 0 Å². The number of tetrazole rings is 1. The molecule has 1 heterocycles. The van der Waals surface area contributed by atoms with Crippen molar-refractivity contribution in [1.82, 2.24) is 25.1 Å². The fourth-order valence-corrected chi connectivity index (χ4v) is 1.75. The van der Waals surface area contributed by atoms with Gasteiger partial charge in [-0.3, -0.25) is 4.90 Å². The second-order valence-corrected chi connectivity index (χ2v) is 4.39. The van der Waals surface area contributed by atoms with Gasteiger partial charge in [-0.25, -0.2) is 4.68 Å². The predicted molar refractivity (Wildman–Crippen MR) is 68.6 cm³/mol. The van der Waals surface area contributed by atoms with E-state index in [1.165, 1.54) is 19.3 Å². The van der Waals surface area contributed by atoms with E-state index in [4.69, 9.17) is 0 Å². The van der Waals surface area contributed by atoms with Crippen LogP contribution in [0.15, 0.2) is 0 Å². The molecule has 0 amide bonds. The predicted octanol–water partition coefficient (Wildman–Crippen LogP) is 2.10. The zero-order valence-corrected chi connectivity index (χ0v) is 11.4. The van der Waals surface area contributed by atoms with Gasteiger partial charge >= 0.3 is 0 Å². The van der Waals surface area contributed by atoms with Gasteiger partial charge in [0.1, 0.15) is 0 Å². The van der Waals surface area contributed by atoms with Crippen LogP contribution in [0.3, 0.4) is 0 Å². The van der Waals surface area contributed by atoms with Gasteiger partial charge in [0, 0.05) is 6.54 Å². The van der Waals surface area contributed by atoms with Crippen LogP contribution in [0.4, 0.5) is 0 Å². The fourth-order valence-electron chi connectivity index (χ4n) is 1.75. The highest BCUT2D eigenvalue weighted by Gasteiger charge is 2.10. The third-order valence-corrected chi connectivity index (χ3v) is 2.97. The minimum atomic E-state index is 0.868. The highest BCUT2D eigenvalue weighted by Crippen LogP contribution is 2.03. The lowest BCUT2D eigenvalue weighted by molar-refractivity contribution is 0.262. The van der Waals surface area contributed by atoms with Crippen LogP contribution in [0, 0.1) is 0 Å². The van der Waals surface area contributed by atoms with E-state index in [0.29, 0.717) is 0 Å². The van der Waals surface area contributed by atoms with Crippen molar-refractivity contribution < 1.29 is 0 Å². The topological polar surface area (TPSA) is 46.8 Å². The first-order chi connectivity index (χ1) is 8.31. The maximum atomic E-state index is 4.13. The second-order valence-electron chi connectivity index (χ2n) is 4.39. The Kier molecular flexibility index (Phi) is 6.77. The number of unbranched alkanes of at least 4 members (excludes halogenated alkanes) is 2. The smallest absolute Gasteiger partial charge is 0.165 e. The summed E-state index contributed by atoms with van der Waals surface area (Å²) in [6.45, 7) is 10.6. The first-order valence-electron chi connectivity index (χ1n) is 6.79. The normalized spacial score (nSPS) is 11.3. The summed E-state index contributed by atoms with van der Waals surface area (Å²) in [5.41, 5.74) is 0. The molecule has 17 heavy (non-hydrogen) atoms. The van der Waals surface area contributed by atoms with Gasteiger partial charge in [0.05, 0.1) is 6.54 Å². The van der Waals surface area contributed by atoms with E-state index < -0.39 is 0 Å². The Balaban J connectivity index is 2.50. The molecule has 1 aromatic rings. The minimum absolute atomic E-state index is 0.868. The lowest BCUT2D eigenvalue weighted by Gasteiger charge is -2.19. The maximum absolute atomic E-state index is 4.13. The molecule has 5 heteroatoms. The Bertz CT molecular complexity index is 297. The average Bonchev–Trinajstić information content (AvgIpc) is 2.79. The average molecular weight is 239 g/mol. The summed E-state index contributed by atoms with van der Waals surface area (Å²) < 4.78 is 1.94. The molecule has 0 aliphatic carbocycles. The summed E-state index contributed by atoms with van der Waals surface area (Å²) in [7, 11) is 0. The first-order valence-corrected chi connectivity index (χ1v) is 6.79. The summed E-state index contributed by atoms with van der Waals surface area (Å²) in [5, 5.41) is 12.0. The molecule has 1 aromatic heterocycles. The van der Waals surface area contributed by atoms with E-state index in [1.807, 2.05) is 4.68 Å². The van der Waals surface area contributed by atoms with Crippen molar-refractivity contribution in [3.05, 3.63) is 5.82 Å². The van der Waals surface area contributed by atoms with E-state index in [-0.39, 0.29) is 0 Å². The number of rotatable bonds is 9. The largest absolute Gasteiger partial charge is 0.296 e. The molecular weight excluding hydrogens is 214 g/mol. The number of hydrogen-bond acceptors (Lipinski definition) is 4. The molecule has 0 saturated heterocycles. The molecule has 0 fully saturated rings. The third-order valence-electron chi connectivity index (χ3n) is 2.97. The molecule has 1 rings (SSSR count). The van der Waals surface area contributed by atoms with Gasteiger partial charge in [0.2, 0.25) is 0 Å². The molecule has 5 nitrogen and oxygen atoms in total. The van der Waals surface area contributed by atoms with Crippen LogP contribution in [0.1, 0.15) is 52.3 Å². The molecule has 0 bridgehead atoms. The van der Waals surface area contributed by atoms with E-state index in [0.717, 1.165) is 38.4 Å². The van der Waals surface area contributed by atoms with Crippen LogP contribution < -0.4 is 0 Å². The van der Waals surface area contributed by atoms with E-state index in [1.54, 1.807) is 0 Å². The van der Waals surface area contributed by atoms with Crippen LogP contribution in [0.25, 0.3) is 0 Å². The fraction of sp³-hybridized carbons (Fsp3) is 0.917. The molecule has 0 atom stereocenters. The molecule has 0 spiro atoms. The van der Waals surface area contributed by atoms with Gasteiger partial charge in [0.25, 0.3) is 0 Å². The molecule has 0 radical (unpaired) electrons. The molecule has 0 aliphatic rings. The Labute approximate surface area is 104 Å². The monoisotopic (exact) mass is 239 g/mol. The van der Waals surface area contributed by atoms with Crippen molar-refractivity contribution in [2.75, 3.05) is 13.1 Å². The van der Waals surface area contributed by atoms with Gasteiger partial charge in [-0.05, 0) is 36.4 Å². The molecule has 0 N–H and O–H groups in total. The lowest BCUT2D eigenvalue weighted by atomic mass is 10.3. The Morgan fingerprint density at radius 2 is 1.88 bits per heavy atom. The highest BCUT2D eigenvalue weighted by molar-refractivity contribution is 4.80. The summed E-state index contributed by atoms with van der Waals surface area (Å²) in [4.78, 5) is 2.40. The van der Waals surface area contributed by atoms with Crippen molar-refractivity contribution in [2.24, 2.45) is 0 Å². The van der Waals surface area contributed by atoms with Crippen molar-refractivity contribution >= 4 is 0 Å². The van der Waals surface area contributed by atoms with Crippen LogP contribution in [0.5, 0.6) is 0 Å². The van der Waals surface area contributed by atoms with Gasteiger partial charge in [0.15, 0.2) is 5.82 Å². The van der Waals surface area contributed by atoms with Crippen molar-refractivity contribution in [2.45, 2.75) is 59.5 Å². The number of hydrogen-bond donors (Lipinski definition) is 0. The molecule has 98 valence electrons. The van der Waals surface area contributed by atoms with Crippen molar-refractivity contribution in [3.63, 3.8) is 0 Å². The van der Waals surface area contributed by atoms with Crippen molar-refractivity contribution in [3.8, 4) is 0 Å². The Morgan fingerprint density at radius 3 is 2.53 bits per heavy atom. The van der Waals surface area contributed by atoms with Crippen LogP contribution >= 0.6 is 0 Å². The van der Waals surface area contributed by atoms with Crippen LogP contribution in [-0.4, -0.2) is 38.2 Å². The molecular formula is C12H25N5. The summed E-state index contributed by atoms with van der Waals surface area (Å²) in [6, 6.07) is 0. The summed E-state index contributed by atoms with van der Waals surface area (Å²) in [5.74, 6) is 0.997. The highest BCUT2D eigenvalue weighted by atomic mass is 15.5. The molecule has 0 aromatic carbocycles. The first kappa shape index (κ1) is 14.1. The second kappa shape index (κ2) is 8.17. The molecule has 0 unspecified atom stereocenters. The van der Waals surface area contributed by atoms with E-state index in [9.17, 15) is 0 Å². The Hall–Kier alpha value is -0.970. The van der Waals surface area contributed by atoms with E-state index in [2.05, 4.69) is 41.2 Å². The standard InChI is InChI=1S/C12H25N5/c1-4-7-9-16(6-3)11-12-13-14-15-17(12)10-8-5-2/h4-11H2,1-3H3. The SMILES string of the molecule is CCCCN(CC)Cc1nnnn1CCCC. The Morgan fingerprint density at radius 1 is 1.12 bits per heavy atom. The number of aryl methyl sites for hydroxylation is 1. The van der Waals surface area contributed by atoms with Crippen molar-refractivity contribution in [1.29, 1.82) is 0 Å². The molecule has 0 aliphatic heterocycles. The summed E-state index contributed by atoms with van der Waals surface area (Å²) >= 11 is 0. The molecule has 0 saturated carbocycles. The van der Waals surface area contributed by atoms with Gasteiger partial charge in [-0.15, -0.1) is 5.10 Å². The zero-order valence-electron chi connectivity index (χ0n) is 11.4. The number of nitrogens with zero attached hydrogens (tertiary/aromatic N) is 5. The van der Waals surface area contributed by atoms with Crippen LogP contribution in [0.2, 0.25) is 0 Å². The third kappa shape index (κ3) is 4.81. The van der Waals surface area contributed by atoms with Gasteiger partial charge < -0.3 is 0 Å². The van der Waals surface area contributed by atoms with Crippen LogP contribution in [-0.2, 0) is 13.1 Å². The van der Waals surface area contributed by atoms with Gasteiger partial charge in [-0.1, -0.05) is 33.6 Å². The maximum Gasteiger partial charge on any atom is 0.165 e. The minimum Gasteiger partial charge on any atom is -0.296 e. The lowest BCUT2D eigenvalue weighted by Crippen LogP contribution is -2.26. The quantitative estimate of drug-likeness (QED) is 0.662.